The maximum atomic E-state index is 11.0. The summed E-state index contributed by atoms with van der Waals surface area (Å²) in [5.74, 6) is 0.689. The van der Waals surface area contributed by atoms with Crippen LogP contribution in [0.4, 0.5) is 5.69 Å². The largest absolute Gasteiger partial charge is 0.495 e. The second kappa shape index (κ2) is 6.12. The van der Waals surface area contributed by atoms with Gasteiger partial charge in [0.25, 0.3) is 0 Å². The molecule has 0 bridgehead atoms. The monoisotopic (exact) mass is 223 g/mol. The number of aryl methyl sites for hydroxylation is 1. The van der Waals surface area contributed by atoms with Crippen LogP contribution in [-0.2, 0) is 9.53 Å². The zero-order chi connectivity index (χ0) is 12.0. The van der Waals surface area contributed by atoms with Gasteiger partial charge in [-0.2, -0.15) is 0 Å². The smallest absolute Gasteiger partial charge is 0.214 e. The van der Waals surface area contributed by atoms with Crippen LogP contribution in [0.1, 0.15) is 5.56 Å². The molecule has 0 unspecified atom stereocenters. The van der Waals surface area contributed by atoms with Crippen molar-refractivity contribution in [2.24, 2.45) is 0 Å². The van der Waals surface area contributed by atoms with Gasteiger partial charge >= 0.3 is 0 Å². The SMILES string of the molecule is COCCN(C=O)c1cc(C)ccc1OC. The number of carbonyl (C=O) groups is 1. The summed E-state index contributed by atoms with van der Waals surface area (Å²) in [5, 5.41) is 0. The highest BCUT2D eigenvalue weighted by Gasteiger charge is 2.10. The van der Waals surface area contributed by atoms with E-state index in [0.29, 0.717) is 18.9 Å². The summed E-state index contributed by atoms with van der Waals surface area (Å²) in [6.45, 7) is 2.98. The Hall–Kier alpha value is -1.55. The van der Waals surface area contributed by atoms with Crippen LogP contribution < -0.4 is 9.64 Å². The number of ether oxygens (including phenoxy) is 2. The number of anilines is 1. The molecule has 0 radical (unpaired) electrons. The first-order valence-corrected chi connectivity index (χ1v) is 5.08. The van der Waals surface area contributed by atoms with E-state index in [9.17, 15) is 4.79 Å². The molecule has 0 aliphatic rings. The normalized spacial score (nSPS) is 9.94. The number of carbonyl (C=O) groups excluding carboxylic acids is 1. The van der Waals surface area contributed by atoms with Crippen LogP contribution in [-0.4, -0.2) is 33.8 Å². The zero-order valence-corrected chi connectivity index (χ0v) is 9.90. The van der Waals surface area contributed by atoms with Crippen LogP contribution in [0, 0.1) is 6.92 Å². The Balaban J connectivity index is 2.97. The van der Waals surface area contributed by atoms with Gasteiger partial charge < -0.3 is 14.4 Å². The minimum Gasteiger partial charge on any atom is -0.495 e. The Labute approximate surface area is 95.8 Å². The summed E-state index contributed by atoms with van der Waals surface area (Å²) in [6, 6.07) is 5.72. The number of amides is 1. The minimum absolute atomic E-state index is 0.496. The summed E-state index contributed by atoms with van der Waals surface area (Å²) in [4.78, 5) is 12.6. The predicted molar refractivity (Wildman–Crippen MR) is 63.0 cm³/mol. The Morgan fingerprint density at radius 3 is 2.69 bits per heavy atom. The fourth-order valence-corrected chi connectivity index (χ4v) is 1.44. The van der Waals surface area contributed by atoms with E-state index in [0.717, 1.165) is 17.7 Å². The predicted octanol–water partition coefficient (Wildman–Crippen LogP) is 1.61. The van der Waals surface area contributed by atoms with Gasteiger partial charge in [0.15, 0.2) is 0 Å². The van der Waals surface area contributed by atoms with E-state index < -0.39 is 0 Å². The Bertz CT molecular complexity index is 352. The lowest BCUT2D eigenvalue weighted by Gasteiger charge is -2.20. The third-order valence-corrected chi connectivity index (χ3v) is 2.31. The van der Waals surface area contributed by atoms with E-state index >= 15 is 0 Å². The van der Waals surface area contributed by atoms with Gasteiger partial charge in [0.05, 0.1) is 19.4 Å². The van der Waals surface area contributed by atoms with Gasteiger partial charge in [-0.3, -0.25) is 4.79 Å². The fraction of sp³-hybridized carbons (Fsp3) is 0.417. The van der Waals surface area contributed by atoms with Crippen molar-refractivity contribution in [2.45, 2.75) is 6.92 Å². The van der Waals surface area contributed by atoms with Crippen molar-refractivity contribution in [2.75, 3.05) is 32.3 Å². The molecule has 0 spiro atoms. The molecule has 88 valence electrons. The summed E-state index contributed by atoms with van der Waals surface area (Å²) in [6.07, 6.45) is 0.788. The first-order valence-electron chi connectivity index (χ1n) is 5.08. The van der Waals surface area contributed by atoms with Gasteiger partial charge in [0, 0.05) is 13.7 Å². The molecule has 0 atom stereocenters. The van der Waals surface area contributed by atoms with E-state index in [1.807, 2.05) is 25.1 Å². The van der Waals surface area contributed by atoms with Crippen molar-refractivity contribution in [3.05, 3.63) is 23.8 Å². The molecule has 4 heteroatoms. The van der Waals surface area contributed by atoms with E-state index in [4.69, 9.17) is 9.47 Å². The number of benzene rings is 1. The quantitative estimate of drug-likeness (QED) is 0.688. The lowest BCUT2D eigenvalue weighted by Crippen LogP contribution is -2.25. The van der Waals surface area contributed by atoms with Crippen molar-refractivity contribution in [3.8, 4) is 5.75 Å². The Morgan fingerprint density at radius 1 is 1.38 bits per heavy atom. The highest BCUT2D eigenvalue weighted by Crippen LogP contribution is 2.28. The summed E-state index contributed by atoms with van der Waals surface area (Å²) in [7, 11) is 3.20. The second-order valence-electron chi connectivity index (χ2n) is 3.47. The van der Waals surface area contributed by atoms with Crippen LogP contribution in [0.25, 0.3) is 0 Å². The average molecular weight is 223 g/mol. The zero-order valence-electron chi connectivity index (χ0n) is 9.90. The third kappa shape index (κ3) is 2.97. The molecular weight excluding hydrogens is 206 g/mol. The lowest BCUT2D eigenvalue weighted by molar-refractivity contribution is -0.107. The number of rotatable bonds is 6. The van der Waals surface area contributed by atoms with Crippen molar-refractivity contribution in [1.82, 2.24) is 0 Å². The molecule has 0 aromatic heterocycles. The Morgan fingerprint density at radius 2 is 2.12 bits per heavy atom. The number of hydrogen-bond acceptors (Lipinski definition) is 3. The summed E-state index contributed by atoms with van der Waals surface area (Å²) in [5.41, 5.74) is 1.86. The first-order chi connectivity index (χ1) is 7.72. The molecule has 1 aromatic rings. The standard InChI is InChI=1S/C12H17NO3/c1-10-4-5-12(16-3)11(8-10)13(9-14)6-7-15-2/h4-5,8-9H,6-7H2,1-3H3. The maximum Gasteiger partial charge on any atom is 0.214 e. The molecule has 16 heavy (non-hydrogen) atoms. The topological polar surface area (TPSA) is 38.8 Å². The molecule has 0 heterocycles. The van der Waals surface area contributed by atoms with Crippen LogP contribution >= 0.6 is 0 Å². The average Bonchev–Trinajstić information content (AvgIpc) is 2.30. The van der Waals surface area contributed by atoms with Crippen molar-refractivity contribution >= 4 is 12.1 Å². The molecule has 1 aromatic carbocycles. The minimum atomic E-state index is 0.496. The Kier molecular flexibility index (Phi) is 4.79. The number of nitrogens with zero attached hydrogens (tertiary/aromatic N) is 1. The van der Waals surface area contributed by atoms with E-state index in [2.05, 4.69) is 0 Å². The molecule has 0 saturated carbocycles. The molecule has 4 nitrogen and oxygen atoms in total. The van der Waals surface area contributed by atoms with Gasteiger partial charge in [-0.05, 0) is 24.6 Å². The summed E-state index contributed by atoms with van der Waals surface area (Å²) >= 11 is 0. The molecule has 1 rings (SSSR count). The van der Waals surface area contributed by atoms with Crippen LogP contribution in [0.15, 0.2) is 18.2 Å². The van der Waals surface area contributed by atoms with Gasteiger partial charge in [-0.1, -0.05) is 6.07 Å². The highest BCUT2D eigenvalue weighted by atomic mass is 16.5. The molecule has 0 N–H and O–H groups in total. The maximum absolute atomic E-state index is 11.0. The molecular formula is C12H17NO3. The second-order valence-corrected chi connectivity index (χ2v) is 3.47. The molecule has 0 aliphatic carbocycles. The van der Waals surface area contributed by atoms with Crippen LogP contribution in [0.3, 0.4) is 0 Å². The molecule has 0 fully saturated rings. The van der Waals surface area contributed by atoms with Crippen molar-refractivity contribution in [3.63, 3.8) is 0 Å². The summed E-state index contributed by atoms with van der Waals surface area (Å²) < 4.78 is 10.2. The molecule has 0 aliphatic heterocycles. The third-order valence-electron chi connectivity index (χ3n) is 2.31. The van der Waals surface area contributed by atoms with Crippen molar-refractivity contribution < 1.29 is 14.3 Å². The van der Waals surface area contributed by atoms with E-state index in [1.165, 1.54) is 0 Å². The highest BCUT2D eigenvalue weighted by molar-refractivity contribution is 5.79. The van der Waals surface area contributed by atoms with Gasteiger partial charge in [0.2, 0.25) is 6.41 Å². The van der Waals surface area contributed by atoms with Crippen LogP contribution in [0.2, 0.25) is 0 Å². The lowest BCUT2D eigenvalue weighted by atomic mass is 10.2. The van der Waals surface area contributed by atoms with Gasteiger partial charge in [-0.15, -0.1) is 0 Å². The van der Waals surface area contributed by atoms with E-state index in [1.54, 1.807) is 19.1 Å². The van der Waals surface area contributed by atoms with E-state index in [-0.39, 0.29) is 0 Å². The first kappa shape index (κ1) is 12.5. The number of hydrogen-bond donors (Lipinski definition) is 0. The van der Waals surface area contributed by atoms with Gasteiger partial charge in [0.1, 0.15) is 5.75 Å². The molecule has 0 saturated heterocycles. The fourth-order valence-electron chi connectivity index (χ4n) is 1.44. The molecule has 1 amide bonds. The van der Waals surface area contributed by atoms with Gasteiger partial charge in [-0.25, -0.2) is 0 Å². The van der Waals surface area contributed by atoms with Crippen molar-refractivity contribution in [1.29, 1.82) is 0 Å². The van der Waals surface area contributed by atoms with Crippen LogP contribution in [0.5, 0.6) is 5.75 Å². The number of methoxy groups -OCH3 is 2.